The number of nitrogens with zero attached hydrogens (tertiary/aromatic N) is 3. The number of ether oxygens (including phenoxy) is 1. The maximum Gasteiger partial charge on any atom is 0.321 e. The van der Waals surface area contributed by atoms with Crippen LogP contribution < -0.4 is 21.2 Å². The van der Waals surface area contributed by atoms with Gasteiger partial charge >= 0.3 is 6.03 Å². The molecule has 0 fully saturated rings. The van der Waals surface area contributed by atoms with Crippen molar-refractivity contribution in [3.63, 3.8) is 0 Å². The molecule has 0 atom stereocenters. The normalized spacial score (nSPS) is 10.4. The van der Waals surface area contributed by atoms with Gasteiger partial charge in [0, 0.05) is 6.54 Å². The summed E-state index contributed by atoms with van der Waals surface area (Å²) in [6.07, 6.45) is 0.768. The number of nitrogen functional groups attached to an aromatic ring is 1. The highest BCUT2D eigenvalue weighted by atomic mass is 32.2. The first-order chi connectivity index (χ1) is 12.5. The second kappa shape index (κ2) is 9.61. The molecule has 0 aliphatic heterocycles. The van der Waals surface area contributed by atoms with Gasteiger partial charge in [0.15, 0.2) is 17.4 Å². The summed E-state index contributed by atoms with van der Waals surface area (Å²) < 4.78 is 20.0. The molecule has 2 aromatic rings. The molecule has 3 amide bonds. The molecule has 1 heterocycles. The quantitative estimate of drug-likeness (QED) is 0.460. The van der Waals surface area contributed by atoms with Crippen LogP contribution in [0.5, 0.6) is 5.75 Å². The van der Waals surface area contributed by atoms with E-state index >= 15 is 0 Å². The smallest absolute Gasteiger partial charge is 0.321 e. The Morgan fingerprint density at radius 2 is 2.12 bits per heavy atom. The van der Waals surface area contributed by atoms with E-state index in [0.717, 1.165) is 22.9 Å². The zero-order chi connectivity index (χ0) is 18.9. The topological polar surface area (TPSA) is 124 Å². The molecule has 0 aliphatic carbocycles. The summed E-state index contributed by atoms with van der Waals surface area (Å²) in [5.41, 5.74) is 0. The molecule has 0 saturated carbocycles. The van der Waals surface area contributed by atoms with Crippen LogP contribution in [0.2, 0.25) is 0 Å². The predicted molar refractivity (Wildman–Crippen MR) is 93.5 cm³/mol. The van der Waals surface area contributed by atoms with Gasteiger partial charge in [-0.2, -0.15) is 0 Å². The Bertz CT molecular complexity index is 770. The molecule has 0 radical (unpaired) electrons. The molecule has 0 unspecified atom stereocenters. The van der Waals surface area contributed by atoms with E-state index in [-0.39, 0.29) is 29.1 Å². The Balaban J connectivity index is 1.83. The fraction of sp³-hybridized carbons (Fsp3) is 0.333. The average molecular weight is 382 g/mol. The van der Waals surface area contributed by atoms with Crippen molar-refractivity contribution in [1.29, 1.82) is 0 Å². The molecular weight excluding hydrogens is 363 g/mol. The fourth-order valence-electron chi connectivity index (χ4n) is 1.78. The number of rotatable bonds is 8. The average Bonchev–Trinajstić information content (AvgIpc) is 2.97. The highest BCUT2D eigenvalue weighted by Crippen LogP contribution is 2.18. The minimum Gasteiger partial charge on any atom is -0.482 e. The minimum atomic E-state index is -0.550. The van der Waals surface area contributed by atoms with Crippen molar-refractivity contribution in [1.82, 2.24) is 25.5 Å². The van der Waals surface area contributed by atoms with Gasteiger partial charge in [0.1, 0.15) is 6.61 Å². The molecule has 0 bridgehead atoms. The van der Waals surface area contributed by atoms with Gasteiger partial charge in [-0.3, -0.25) is 10.1 Å². The van der Waals surface area contributed by atoms with E-state index in [4.69, 9.17) is 10.6 Å². The van der Waals surface area contributed by atoms with Crippen LogP contribution >= 0.6 is 11.8 Å². The van der Waals surface area contributed by atoms with Crippen LogP contribution in [0.1, 0.15) is 19.2 Å². The van der Waals surface area contributed by atoms with Gasteiger partial charge in [-0.25, -0.2) is 13.9 Å². The monoisotopic (exact) mass is 382 g/mol. The second-order valence-electron chi connectivity index (χ2n) is 5.08. The zero-order valence-electron chi connectivity index (χ0n) is 14.1. The summed E-state index contributed by atoms with van der Waals surface area (Å²) in [6.45, 7) is 2.30. The van der Waals surface area contributed by atoms with E-state index in [0.29, 0.717) is 6.54 Å². The molecule has 11 heteroatoms. The number of thioether (sulfide) groups is 1. The standard InChI is InChI=1S/C15H19FN6O3S/c1-2-7-18-14(24)19-13(23)9-26-15-21-20-12(22(15)17)8-25-11-6-4-3-5-10(11)16/h3-6H,2,7-9,17H2,1H3,(H2,18,19,23,24). The number of para-hydroxylation sites is 1. The van der Waals surface area contributed by atoms with E-state index in [9.17, 15) is 14.0 Å². The van der Waals surface area contributed by atoms with Crippen molar-refractivity contribution < 1.29 is 18.7 Å². The van der Waals surface area contributed by atoms with E-state index in [2.05, 4.69) is 20.8 Å². The zero-order valence-corrected chi connectivity index (χ0v) is 14.9. The molecular formula is C15H19FN6O3S. The third kappa shape index (κ3) is 5.62. The molecule has 1 aromatic carbocycles. The van der Waals surface area contributed by atoms with Gasteiger partial charge in [0.05, 0.1) is 5.75 Å². The van der Waals surface area contributed by atoms with E-state index in [1.807, 2.05) is 6.92 Å². The first-order valence-electron chi connectivity index (χ1n) is 7.78. The fourth-order valence-corrected chi connectivity index (χ4v) is 2.46. The number of nitrogens with two attached hydrogens (primary N) is 1. The number of amides is 3. The molecule has 140 valence electrons. The lowest BCUT2D eigenvalue weighted by atomic mass is 10.3. The minimum absolute atomic E-state index is 0.0664. The molecule has 0 saturated heterocycles. The number of hydrogen-bond donors (Lipinski definition) is 3. The van der Waals surface area contributed by atoms with Crippen LogP contribution in [0.15, 0.2) is 29.4 Å². The lowest BCUT2D eigenvalue weighted by molar-refractivity contribution is -0.117. The molecule has 9 nitrogen and oxygen atoms in total. The lowest BCUT2D eigenvalue weighted by Crippen LogP contribution is -2.40. The number of aromatic nitrogens is 3. The predicted octanol–water partition coefficient (Wildman–Crippen LogP) is 1.04. The van der Waals surface area contributed by atoms with Gasteiger partial charge in [0.2, 0.25) is 11.1 Å². The van der Waals surface area contributed by atoms with Crippen molar-refractivity contribution in [2.75, 3.05) is 18.1 Å². The maximum atomic E-state index is 13.5. The van der Waals surface area contributed by atoms with Crippen molar-refractivity contribution in [3.8, 4) is 5.75 Å². The summed E-state index contributed by atoms with van der Waals surface area (Å²) in [7, 11) is 0. The first-order valence-corrected chi connectivity index (χ1v) is 8.77. The summed E-state index contributed by atoms with van der Waals surface area (Å²) in [5.74, 6) is 5.12. The van der Waals surface area contributed by atoms with Crippen LogP contribution in [0.3, 0.4) is 0 Å². The highest BCUT2D eigenvalue weighted by Gasteiger charge is 2.14. The Hall–Kier alpha value is -2.82. The summed E-state index contributed by atoms with van der Waals surface area (Å²) >= 11 is 1.01. The van der Waals surface area contributed by atoms with Crippen LogP contribution in [-0.2, 0) is 11.4 Å². The molecule has 26 heavy (non-hydrogen) atoms. The first kappa shape index (κ1) is 19.5. The molecule has 1 aromatic heterocycles. The van der Waals surface area contributed by atoms with E-state index in [1.54, 1.807) is 12.1 Å². The SMILES string of the molecule is CCCNC(=O)NC(=O)CSc1nnc(COc2ccccc2F)n1N. The third-order valence-corrected chi connectivity index (χ3v) is 3.99. The largest absolute Gasteiger partial charge is 0.482 e. The molecule has 0 aliphatic rings. The lowest BCUT2D eigenvalue weighted by Gasteiger charge is -2.07. The second-order valence-corrected chi connectivity index (χ2v) is 6.02. The van der Waals surface area contributed by atoms with Crippen molar-refractivity contribution in [3.05, 3.63) is 35.9 Å². The number of imide groups is 1. The maximum absolute atomic E-state index is 13.5. The number of hydrogen-bond acceptors (Lipinski definition) is 7. The highest BCUT2D eigenvalue weighted by molar-refractivity contribution is 7.99. The number of nitrogens with one attached hydrogen (secondary N) is 2. The Kier molecular flexibility index (Phi) is 7.21. The van der Waals surface area contributed by atoms with Crippen LogP contribution in [0.25, 0.3) is 0 Å². The molecule has 2 rings (SSSR count). The van der Waals surface area contributed by atoms with Crippen molar-refractivity contribution >= 4 is 23.7 Å². The number of urea groups is 1. The number of carbonyl (C=O) groups excluding carboxylic acids is 2. The van der Waals surface area contributed by atoms with Gasteiger partial charge in [-0.1, -0.05) is 30.8 Å². The number of benzene rings is 1. The van der Waals surface area contributed by atoms with E-state index in [1.165, 1.54) is 12.1 Å². The summed E-state index contributed by atoms with van der Waals surface area (Å²) in [4.78, 5) is 23.1. The summed E-state index contributed by atoms with van der Waals surface area (Å²) in [5, 5.41) is 12.7. The third-order valence-electron chi connectivity index (χ3n) is 3.05. The van der Waals surface area contributed by atoms with Gasteiger partial charge in [-0.05, 0) is 18.6 Å². The van der Waals surface area contributed by atoms with Gasteiger partial charge in [-0.15, -0.1) is 10.2 Å². The molecule has 0 spiro atoms. The Labute approximate surface area is 153 Å². The Morgan fingerprint density at radius 1 is 1.35 bits per heavy atom. The van der Waals surface area contributed by atoms with Crippen LogP contribution in [0, 0.1) is 5.82 Å². The van der Waals surface area contributed by atoms with Gasteiger partial charge in [0.25, 0.3) is 0 Å². The van der Waals surface area contributed by atoms with Crippen LogP contribution in [0.4, 0.5) is 9.18 Å². The van der Waals surface area contributed by atoms with Crippen molar-refractivity contribution in [2.24, 2.45) is 0 Å². The summed E-state index contributed by atoms with van der Waals surface area (Å²) in [6, 6.07) is 5.40. The number of carbonyl (C=O) groups is 2. The molecule has 4 N–H and O–H groups in total. The number of halogens is 1. The van der Waals surface area contributed by atoms with E-state index < -0.39 is 17.8 Å². The van der Waals surface area contributed by atoms with Gasteiger partial charge < -0.3 is 15.9 Å². The van der Waals surface area contributed by atoms with Crippen molar-refractivity contribution in [2.45, 2.75) is 25.1 Å². The Morgan fingerprint density at radius 3 is 2.85 bits per heavy atom. The van der Waals surface area contributed by atoms with Crippen LogP contribution in [-0.4, -0.2) is 39.1 Å².